The summed E-state index contributed by atoms with van der Waals surface area (Å²) in [5.74, 6) is -0.150. The Labute approximate surface area is 159 Å². The number of halogens is 1. The molecule has 25 heavy (non-hydrogen) atoms. The Morgan fingerprint density at radius 2 is 1.52 bits per heavy atom. The van der Waals surface area contributed by atoms with Gasteiger partial charge in [0.25, 0.3) is 5.91 Å². The third kappa shape index (κ3) is 4.83. The fourth-order valence-corrected chi connectivity index (χ4v) is 4.20. The molecule has 0 spiro atoms. The first-order chi connectivity index (χ1) is 12.1. The van der Waals surface area contributed by atoms with Crippen LogP contribution in [0.5, 0.6) is 0 Å². The summed E-state index contributed by atoms with van der Waals surface area (Å²) < 4.78 is 0.788. The maximum atomic E-state index is 12.3. The highest BCUT2D eigenvalue weighted by Gasteiger charge is 2.15. The van der Waals surface area contributed by atoms with Crippen LogP contribution in [0.2, 0.25) is 0 Å². The van der Waals surface area contributed by atoms with Crippen LogP contribution in [0.3, 0.4) is 0 Å². The van der Waals surface area contributed by atoms with Gasteiger partial charge in [0.15, 0.2) is 0 Å². The van der Waals surface area contributed by atoms with Gasteiger partial charge in [0.05, 0.1) is 0 Å². The number of carbonyl (C=O) groups is 2. The molecule has 2 aromatic rings. The molecule has 2 heterocycles. The van der Waals surface area contributed by atoms with Crippen LogP contribution in [0.1, 0.15) is 35.4 Å². The van der Waals surface area contributed by atoms with Gasteiger partial charge < -0.3 is 15.5 Å². The van der Waals surface area contributed by atoms with E-state index in [1.165, 1.54) is 24.2 Å². The van der Waals surface area contributed by atoms with Gasteiger partial charge >= 0.3 is 6.03 Å². The molecule has 0 aliphatic carbocycles. The van der Waals surface area contributed by atoms with Crippen LogP contribution in [0, 0.1) is 0 Å². The van der Waals surface area contributed by atoms with E-state index in [1.807, 2.05) is 16.3 Å². The molecule has 0 bridgehead atoms. The summed E-state index contributed by atoms with van der Waals surface area (Å²) in [6.45, 7) is 1.63. The molecule has 132 valence electrons. The van der Waals surface area contributed by atoms with E-state index in [0.717, 1.165) is 36.1 Å². The van der Waals surface area contributed by atoms with Crippen molar-refractivity contribution < 1.29 is 9.59 Å². The molecule has 5 nitrogen and oxygen atoms in total. The fraction of sp³-hybridized carbons (Fsp3) is 0.333. The Hall–Kier alpha value is -1.86. The van der Waals surface area contributed by atoms with E-state index < -0.39 is 0 Å². The van der Waals surface area contributed by atoms with E-state index in [2.05, 4.69) is 26.6 Å². The number of carbonyl (C=O) groups excluding carboxylic acids is 2. The van der Waals surface area contributed by atoms with Gasteiger partial charge in [-0.15, -0.1) is 11.3 Å². The van der Waals surface area contributed by atoms with Crippen LogP contribution in [0.4, 0.5) is 16.2 Å². The lowest BCUT2D eigenvalue weighted by atomic mass is 10.2. The fourth-order valence-electron chi connectivity index (χ4n) is 2.76. The molecule has 1 aromatic heterocycles. The molecule has 1 aromatic carbocycles. The highest BCUT2D eigenvalue weighted by Crippen LogP contribution is 2.24. The van der Waals surface area contributed by atoms with Gasteiger partial charge in [-0.25, -0.2) is 4.79 Å². The lowest BCUT2D eigenvalue weighted by molar-refractivity contribution is 0.103. The van der Waals surface area contributed by atoms with Crippen LogP contribution >= 0.6 is 27.3 Å². The topological polar surface area (TPSA) is 61.4 Å². The van der Waals surface area contributed by atoms with Gasteiger partial charge in [0.2, 0.25) is 0 Å². The summed E-state index contributed by atoms with van der Waals surface area (Å²) in [5.41, 5.74) is 1.42. The van der Waals surface area contributed by atoms with E-state index in [0.29, 0.717) is 10.6 Å². The summed E-state index contributed by atoms with van der Waals surface area (Å²) in [6.07, 6.45) is 4.52. The number of rotatable bonds is 3. The Bertz CT molecular complexity index is 737. The van der Waals surface area contributed by atoms with Gasteiger partial charge in [-0.2, -0.15) is 0 Å². The van der Waals surface area contributed by atoms with Gasteiger partial charge in [-0.1, -0.05) is 12.8 Å². The molecule has 0 saturated carbocycles. The van der Waals surface area contributed by atoms with Crippen molar-refractivity contribution in [3.63, 3.8) is 0 Å². The second-order valence-corrected chi connectivity index (χ2v) is 7.73. The predicted octanol–water partition coefficient (Wildman–Crippen LogP) is 5.17. The first-order valence-electron chi connectivity index (χ1n) is 8.34. The second kappa shape index (κ2) is 8.49. The standard InChI is InChI=1S/C18H20BrN3O2S/c19-15-9-12-25-16(15)17(23)20-13-5-7-14(8-6-13)21-18(24)22-10-3-1-2-4-11-22/h5-9,12H,1-4,10-11H2,(H,20,23)(H,21,24). The molecule has 1 aliphatic rings. The highest BCUT2D eigenvalue weighted by molar-refractivity contribution is 9.10. The molecular formula is C18H20BrN3O2S. The number of hydrogen-bond acceptors (Lipinski definition) is 3. The van der Waals surface area contributed by atoms with Gasteiger partial charge in [-0.3, -0.25) is 4.79 Å². The predicted molar refractivity (Wildman–Crippen MR) is 105 cm³/mol. The number of urea groups is 1. The van der Waals surface area contributed by atoms with Crippen LogP contribution in [0.25, 0.3) is 0 Å². The van der Waals surface area contributed by atoms with Crippen molar-refractivity contribution >= 4 is 50.6 Å². The molecule has 1 aliphatic heterocycles. The van der Waals surface area contributed by atoms with Crippen molar-refractivity contribution in [1.82, 2.24) is 4.90 Å². The van der Waals surface area contributed by atoms with Gasteiger partial charge in [-0.05, 0) is 64.5 Å². The van der Waals surface area contributed by atoms with Crippen molar-refractivity contribution in [2.75, 3.05) is 23.7 Å². The maximum Gasteiger partial charge on any atom is 0.321 e. The van der Waals surface area contributed by atoms with Gasteiger partial charge in [0.1, 0.15) is 4.88 Å². The van der Waals surface area contributed by atoms with Crippen LogP contribution in [-0.2, 0) is 0 Å². The Morgan fingerprint density at radius 1 is 0.920 bits per heavy atom. The lowest BCUT2D eigenvalue weighted by Gasteiger charge is -2.20. The highest BCUT2D eigenvalue weighted by atomic mass is 79.9. The zero-order valence-corrected chi connectivity index (χ0v) is 16.2. The number of benzene rings is 1. The minimum Gasteiger partial charge on any atom is -0.325 e. The van der Waals surface area contributed by atoms with E-state index in [1.54, 1.807) is 24.3 Å². The van der Waals surface area contributed by atoms with E-state index in [4.69, 9.17) is 0 Å². The SMILES string of the molecule is O=C(Nc1ccc(NC(=O)N2CCCCCC2)cc1)c1sccc1Br. The van der Waals surface area contributed by atoms with Crippen molar-refractivity contribution in [2.24, 2.45) is 0 Å². The van der Waals surface area contributed by atoms with Crippen LogP contribution < -0.4 is 10.6 Å². The zero-order valence-electron chi connectivity index (χ0n) is 13.8. The Morgan fingerprint density at radius 3 is 2.08 bits per heavy atom. The maximum absolute atomic E-state index is 12.3. The number of amides is 3. The smallest absolute Gasteiger partial charge is 0.321 e. The first kappa shape index (κ1) is 17.9. The summed E-state index contributed by atoms with van der Waals surface area (Å²) in [7, 11) is 0. The van der Waals surface area contributed by atoms with Crippen molar-refractivity contribution in [1.29, 1.82) is 0 Å². The zero-order chi connectivity index (χ0) is 17.6. The summed E-state index contributed by atoms with van der Waals surface area (Å²) in [6, 6.07) is 8.97. The Balaban J connectivity index is 1.57. The number of anilines is 2. The molecule has 0 unspecified atom stereocenters. The second-order valence-electron chi connectivity index (χ2n) is 5.96. The molecule has 2 N–H and O–H groups in total. The molecule has 3 rings (SSSR count). The first-order valence-corrected chi connectivity index (χ1v) is 10.0. The summed E-state index contributed by atoms with van der Waals surface area (Å²) in [5, 5.41) is 7.64. The van der Waals surface area contributed by atoms with Gasteiger partial charge in [0, 0.05) is 28.9 Å². The van der Waals surface area contributed by atoms with Crippen LogP contribution in [-0.4, -0.2) is 29.9 Å². The number of nitrogens with one attached hydrogen (secondary N) is 2. The summed E-state index contributed by atoms with van der Waals surface area (Å²) >= 11 is 4.74. The number of likely N-dealkylation sites (tertiary alicyclic amines) is 1. The lowest BCUT2D eigenvalue weighted by Crippen LogP contribution is -2.35. The minimum atomic E-state index is -0.150. The van der Waals surface area contributed by atoms with Crippen molar-refractivity contribution in [2.45, 2.75) is 25.7 Å². The van der Waals surface area contributed by atoms with E-state index >= 15 is 0 Å². The normalized spacial score (nSPS) is 14.7. The number of thiophene rings is 1. The molecule has 3 amide bonds. The largest absolute Gasteiger partial charge is 0.325 e. The number of hydrogen-bond donors (Lipinski definition) is 2. The third-order valence-electron chi connectivity index (χ3n) is 4.11. The van der Waals surface area contributed by atoms with E-state index in [-0.39, 0.29) is 11.9 Å². The minimum absolute atomic E-state index is 0.0544. The van der Waals surface area contributed by atoms with Crippen LogP contribution in [0.15, 0.2) is 40.2 Å². The molecule has 0 radical (unpaired) electrons. The molecule has 0 atom stereocenters. The van der Waals surface area contributed by atoms with Crippen molar-refractivity contribution in [3.8, 4) is 0 Å². The van der Waals surface area contributed by atoms with E-state index in [9.17, 15) is 9.59 Å². The number of nitrogens with zero attached hydrogens (tertiary/aromatic N) is 1. The molecular weight excluding hydrogens is 402 g/mol. The molecule has 7 heteroatoms. The average molecular weight is 422 g/mol. The monoisotopic (exact) mass is 421 g/mol. The summed E-state index contributed by atoms with van der Waals surface area (Å²) in [4.78, 5) is 27.0. The quantitative estimate of drug-likeness (QED) is 0.717. The molecule has 1 fully saturated rings. The third-order valence-corrected chi connectivity index (χ3v) is 5.95. The van der Waals surface area contributed by atoms with Crippen molar-refractivity contribution in [3.05, 3.63) is 45.1 Å². The Kier molecular flexibility index (Phi) is 6.09. The average Bonchev–Trinajstić information content (AvgIpc) is 2.86. The molecule has 1 saturated heterocycles.